The first-order chi connectivity index (χ1) is 9.97. The summed E-state index contributed by atoms with van der Waals surface area (Å²) in [5.41, 5.74) is 0.644. The maximum atomic E-state index is 12.5. The van der Waals surface area contributed by atoms with E-state index in [0.717, 1.165) is 23.8 Å². The summed E-state index contributed by atoms with van der Waals surface area (Å²) in [6.07, 6.45) is 7.18. The summed E-state index contributed by atoms with van der Waals surface area (Å²) in [7, 11) is 1.87. The van der Waals surface area contributed by atoms with Crippen molar-refractivity contribution in [1.29, 1.82) is 0 Å². The zero-order valence-electron chi connectivity index (χ0n) is 12.4. The Morgan fingerprint density at radius 3 is 2.86 bits per heavy atom. The normalized spacial score (nSPS) is 22.4. The van der Waals surface area contributed by atoms with Crippen LogP contribution in [-0.4, -0.2) is 35.0 Å². The molecule has 1 aromatic heterocycles. The Labute approximate surface area is 129 Å². The zero-order valence-corrected chi connectivity index (χ0v) is 13.2. The second-order valence-corrected chi connectivity index (χ2v) is 6.69. The van der Waals surface area contributed by atoms with E-state index in [1.165, 1.54) is 30.3 Å². The minimum atomic E-state index is -0.982. The van der Waals surface area contributed by atoms with Crippen LogP contribution in [0.2, 0.25) is 0 Å². The van der Waals surface area contributed by atoms with Gasteiger partial charge in [-0.15, -0.1) is 11.3 Å². The molecule has 2 unspecified atom stereocenters. The molecule has 2 rings (SSSR count). The van der Waals surface area contributed by atoms with E-state index in [1.807, 2.05) is 11.9 Å². The van der Waals surface area contributed by atoms with Crippen LogP contribution in [-0.2, 0) is 4.79 Å². The van der Waals surface area contributed by atoms with Crippen molar-refractivity contribution >= 4 is 29.3 Å². The van der Waals surface area contributed by atoms with Crippen molar-refractivity contribution in [3.8, 4) is 0 Å². The number of aliphatic carboxylic acids is 1. The first kappa shape index (κ1) is 15.8. The molecule has 0 spiro atoms. The first-order valence-corrected chi connectivity index (χ1v) is 8.12. The minimum Gasteiger partial charge on any atom is -0.478 e. The highest BCUT2D eigenvalue weighted by Crippen LogP contribution is 2.28. The zero-order chi connectivity index (χ0) is 15.4. The average molecular weight is 307 g/mol. The molecule has 2 atom stereocenters. The van der Waals surface area contributed by atoms with Crippen molar-refractivity contribution in [3.05, 3.63) is 28.0 Å². The lowest BCUT2D eigenvalue weighted by Gasteiger charge is -2.34. The Bertz CT molecular complexity index is 549. The highest BCUT2D eigenvalue weighted by atomic mass is 32.1. The predicted molar refractivity (Wildman–Crippen MR) is 84.5 cm³/mol. The number of hydrogen-bond donors (Lipinski definition) is 1. The number of rotatable bonds is 4. The third-order valence-corrected chi connectivity index (χ3v) is 4.93. The molecule has 1 amide bonds. The van der Waals surface area contributed by atoms with E-state index in [9.17, 15) is 9.59 Å². The van der Waals surface area contributed by atoms with Crippen LogP contribution in [0.4, 0.5) is 0 Å². The molecule has 0 aliphatic heterocycles. The molecule has 1 N–H and O–H groups in total. The lowest BCUT2D eigenvalue weighted by molar-refractivity contribution is -0.131. The van der Waals surface area contributed by atoms with Gasteiger partial charge >= 0.3 is 5.97 Å². The summed E-state index contributed by atoms with van der Waals surface area (Å²) < 4.78 is 0. The van der Waals surface area contributed by atoms with Crippen LogP contribution >= 0.6 is 11.3 Å². The van der Waals surface area contributed by atoms with Crippen molar-refractivity contribution in [2.75, 3.05) is 7.05 Å². The summed E-state index contributed by atoms with van der Waals surface area (Å²) in [6.45, 7) is 2.24. The molecule has 1 aromatic rings. The molecule has 1 saturated carbocycles. The lowest BCUT2D eigenvalue weighted by atomic mass is 9.86. The summed E-state index contributed by atoms with van der Waals surface area (Å²) >= 11 is 1.39. The molecule has 0 radical (unpaired) electrons. The Kier molecular flexibility index (Phi) is 5.17. The van der Waals surface area contributed by atoms with E-state index < -0.39 is 5.97 Å². The number of carboxylic acid groups (broad SMARTS) is 1. The number of carbonyl (C=O) groups excluding carboxylic acids is 1. The molecular formula is C16H21NO3S. The molecule has 1 fully saturated rings. The molecule has 0 saturated heterocycles. The smallest absolute Gasteiger partial charge is 0.328 e. The van der Waals surface area contributed by atoms with Gasteiger partial charge in [-0.1, -0.05) is 19.8 Å². The first-order valence-electron chi connectivity index (χ1n) is 7.24. The Hall–Kier alpha value is -1.62. The Balaban J connectivity index is 2.03. The fourth-order valence-corrected chi connectivity index (χ4v) is 3.60. The second kappa shape index (κ2) is 6.89. The van der Waals surface area contributed by atoms with E-state index in [0.29, 0.717) is 17.5 Å². The second-order valence-electron chi connectivity index (χ2n) is 5.75. The van der Waals surface area contributed by atoms with Crippen LogP contribution in [0, 0.1) is 5.92 Å². The molecule has 1 aliphatic carbocycles. The third kappa shape index (κ3) is 4.17. The van der Waals surface area contributed by atoms with E-state index in [1.54, 1.807) is 11.4 Å². The Morgan fingerprint density at radius 1 is 1.43 bits per heavy atom. The average Bonchev–Trinajstić information content (AvgIpc) is 2.92. The van der Waals surface area contributed by atoms with Gasteiger partial charge in [-0.25, -0.2) is 4.79 Å². The molecular weight excluding hydrogens is 286 g/mol. The van der Waals surface area contributed by atoms with Crippen LogP contribution in [0.1, 0.15) is 47.8 Å². The number of nitrogens with zero attached hydrogens (tertiary/aromatic N) is 1. The summed E-state index contributed by atoms with van der Waals surface area (Å²) in [6, 6.07) is 2.08. The standard InChI is InChI=1S/C16H21NO3S/c1-11-4-3-5-13(8-11)17(2)16(20)12-9-14(21-10-12)6-7-15(18)19/h6-7,9-11,13H,3-5,8H2,1-2H3,(H,18,19). The molecule has 1 heterocycles. The van der Waals surface area contributed by atoms with Crippen LogP contribution in [0.15, 0.2) is 17.5 Å². The van der Waals surface area contributed by atoms with Crippen molar-refractivity contribution in [2.45, 2.75) is 38.6 Å². The van der Waals surface area contributed by atoms with Gasteiger partial charge in [-0.05, 0) is 30.9 Å². The molecule has 4 nitrogen and oxygen atoms in total. The molecule has 114 valence electrons. The van der Waals surface area contributed by atoms with E-state index >= 15 is 0 Å². The fraction of sp³-hybridized carbons (Fsp3) is 0.500. The van der Waals surface area contributed by atoms with Gasteiger partial charge in [0.25, 0.3) is 5.91 Å². The van der Waals surface area contributed by atoms with Crippen LogP contribution in [0.3, 0.4) is 0 Å². The molecule has 5 heteroatoms. The maximum Gasteiger partial charge on any atom is 0.328 e. The van der Waals surface area contributed by atoms with Gasteiger partial charge in [0, 0.05) is 29.4 Å². The lowest BCUT2D eigenvalue weighted by Crippen LogP contribution is -2.39. The van der Waals surface area contributed by atoms with Crippen LogP contribution in [0.25, 0.3) is 6.08 Å². The Morgan fingerprint density at radius 2 is 2.19 bits per heavy atom. The SMILES string of the molecule is CC1CCCC(N(C)C(=O)c2csc(C=CC(=O)O)c2)C1. The van der Waals surface area contributed by atoms with Gasteiger partial charge in [-0.2, -0.15) is 0 Å². The summed E-state index contributed by atoms with van der Waals surface area (Å²) in [4.78, 5) is 25.6. The van der Waals surface area contributed by atoms with E-state index in [2.05, 4.69) is 6.92 Å². The van der Waals surface area contributed by atoms with Gasteiger partial charge in [0.05, 0.1) is 5.56 Å². The fourth-order valence-electron chi connectivity index (χ4n) is 2.83. The topological polar surface area (TPSA) is 57.6 Å². The van der Waals surface area contributed by atoms with Crippen LogP contribution in [0.5, 0.6) is 0 Å². The molecule has 21 heavy (non-hydrogen) atoms. The van der Waals surface area contributed by atoms with Gasteiger partial charge in [0.2, 0.25) is 0 Å². The highest BCUT2D eigenvalue weighted by molar-refractivity contribution is 7.11. The number of thiophene rings is 1. The molecule has 1 aliphatic rings. The van der Waals surface area contributed by atoms with Crippen molar-refractivity contribution in [2.24, 2.45) is 5.92 Å². The number of carbonyl (C=O) groups is 2. The molecule has 0 aromatic carbocycles. The van der Waals surface area contributed by atoms with E-state index in [-0.39, 0.29) is 5.91 Å². The van der Waals surface area contributed by atoms with E-state index in [4.69, 9.17) is 5.11 Å². The minimum absolute atomic E-state index is 0.0281. The molecule has 0 bridgehead atoms. The van der Waals surface area contributed by atoms with Gasteiger partial charge in [0.15, 0.2) is 0 Å². The van der Waals surface area contributed by atoms with Crippen molar-refractivity contribution in [1.82, 2.24) is 4.90 Å². The quantitative estimate of drug-likeness (QED) is 0.866. The van der Waals surface area contributed by atoms with Crippen LogP contribution < -0.4 is 0 Å². The highest BCUT2D eigenvalue weighted by Gasteiger charge is 2.26. The maximum absolute atomic E-state index is 12.5. The monoisotopic (exact) mass is 307 g/mol. The number of carboxylic acids is 1. The predicted octanol–water partition coefficient (Wildman–Crippen LogP) is 3.50. The number of amides is 1. The number of hydrogen-bond acceptors (Lipinski definition) is 3. The van der Waals surface area contributed by atoms with Gasteiger partial charge < -0.3 is 10.0 Å². The van der Waals surface area contributed by atoms with Crippen molar-refractivity contribution < 1.29 is 14.7 Å². The van der Waals surface area contributed by atoms with Crippen molar-refractivity contribution in [3.63, 3.8) is 0 Å². The largest absolute Gasteiger partial charge is 0.478 e. The summed E-state index contributed by atoms with van der Waals surface area (Å²) in [5, 5.41) is 10.4. The van der Waals surface area contributed by atoms with Gasteiger partial charge in [-0.3, -0.25) is 4.79 Å². The van der Waals surface area contributed by atoms with Gasteiger partial charge in [0.1, 0.15) is 0 Å². The summed E-state index contributed by atoms with van der Waals surface area (Å²) in [5.74, 6) is -0.277. The third-order valence-electron chi connectivity index (χ3n) is 4.03.